The highest BCUT2D eigenvalue weighted by Gasteiger charge is 2.38. The molecule has 6 nitrogen and oxygen atoms in total. The lowest BCUT2D eigenvalue weighted by atomic mass is 9.95. The van der Waals surface area contributed by atoms with Crippen LogP contribution in [0.2, 0.25) is 19.6 Å². The fourth-order valence-corrected chi connectivity index (χ4v) is 4.25. The van der Waals surface area contributed by atoms with Crippen LogP contribution in [0.25, 0.3) is 0 Å². The first-order valence-electron chi connectivity index (χ1n) is 11.4. The zero-order valence-corrected chi connectivity index (χ0v) is 21.4. The number of rotatable bonds is 12. The van der Waals surface area contributed by atoms with E-state index < -0.39 is 20.3 Å². The second-order valence-electron chi connectivity index (χ2n) is 9.40. The molecule has 180 valence electrons. The predicted molar refractivity (Wildman–Crippen MR) is 128 cm³/mol. The minimum Gasteiger partial charge on any atom is -0.497 e. The molecular formula is C25H40O6Si. The summed E-state index contributed by atoms with van der Waals surface area (Å²) in [7, 11) is 1.73. The minimum atomic E-state index is -1.51. The van der Waals surface area contributed by atoms with Crippen molar-refractivity contribution in [2.24, 2.45) is 5.92 Å². The summed E-state index contributed by atoms with van der Waals surface area (Å²) in [5.74, 6) is 3.88. The van der Waals surface area contributed by atoms with Crippen molar-refractivity contribution >= 4 is 8.07 Å². The number of benzene rings is 1. The Kier molecular flexibility index (Phi) is 11.2. The Morgan fingerprint density at radius 2 is 1.88 bits per heavy atom. The summed E-state index contributed by atoms with van der Waals surface area (Å²) in [6.07, 6.45) is 1.29. The van der Waals surface area contributed by atoms with Gasteiger partial charge in [0.2, 0.25) is 0 Å². The van der Waals surface area contributed by atoms with Gasteiger partial charge in [-0.1, -0.05) is 31.8 Å². The van der Waals surface area contributed by atoms with Crippen LogP contribution in [0.3, 0.4) is 0 Å². The standard InChI is InChI=1S/C25H40O6Si/c1-19(14-16-32(4,5)6)24(26)25(30-18-27-2)23-12-11-22(31-23)13-15-29-17-20-7-9-21(28-3)10-8-20/h7-10,19,22-26H,11-13,15,17-18H2,1-6H3/t19-,22-,23+,24-,25-/m1/s1. The molecule has 7 heteroatoms. The van der Waals surface area contributed by atoms with Crippen LogP contribution in [0.15, 0.2) is 24.3 Å². The number of aliphatic hydroxyl groups excluding tert-OH is 1. The molecule has 0 spiro atoms. The maximum absolute atomic E-state index is 10.9. The highest BCUT2D eigenvalue weighted by molar-refractivity contribution is 6.83. The highest BCUT2D eigenvalue weighted by atomic mass is 28.3. The first kappa shape index (κ1) is 26.8. The topological polar surface area (TPSA) is 66.4 Å². The first-order chi connectivity index (χ1) is 15.2. The van der Waals surface area contributed by atoms with Crippen LogP contribution < -0.4 is 4.74 Å². The molecule has 1 aliphatic heterocycles. The molecule has 1 fully saturated rings. The third kappa shape index (κ3) is 9.22. The summed E-state index contributed by atoms with van der Waals surface area (Å²) in [5, 5.41) is 10.9. The second kappa shape index (κ2) is 13.3. The SMILES string of the molecule is COCO[C@@H]([C@H](O)[C@H](C)C#C[Si](C)(C)C)[C@@H]1CC[C@H](CCOCc2ccc(OC)cc2)O1. The van der Waals surface area contributed by atoms with E-state index in [2.05, 4.69) is 31.1 Å². The largest absolute Gasteiger partial charge is 0.497 e. The lowest BCUT2D eigenvalue weighted by Crippen LogP contribution is -2.43. The van der Waals surface area contributed by atoms with E-state index >= 15 is 0 Å². The van der Waals surface area contributed by atoms with Gasteiger partial charge in [-0.25, -0.2) is 0 Å². The van der Waals surface area contributed by atoms with Gasteiger partial charge in [0, 0.05) is 19.6 Å². The third-order valence-corrected chi connectivity index (χ3v) is 6.32. The number of ether oxygens (including phenoxy) is 5. The number of hydrogen-bond acceptors (Lipinski definition) is 6. The Morgan fingerprint density at radius 1 is 1.16 bits per heavy atom. The molecule has 5 atom stereocenters. The van der Waals surface area contributed by atoms with Gasteiger partial charge in [-0.05, 0) is 43.9 Å². The van der Waals surface area contributed by atoms with Crippen molar-refractivity contribution in [2.75, 3.05) is 27.6 Å². The van der Waals surface area contributed by atoms with Gasteiger partial charge in [0.05, 0.1) is 32.0 Å². The third-order valence-electron chi connectivity index (χ3n) is 5.42. The number of hydrogen-bond donors (Lipinski definition) is 1. The van der Waals surface area contributed by atoms with Gasteiger partial charge in [-0.2, -0.15) is 0 Å². The maximum Gasteiger partial charge on any atom is 0.146 e. The normalized spacial score (nSPS) is 21.5. The molecule has 1 N–H and O–H groups in total. The molecule has 1 aliphatic rings. The van der Waals surface area contributed by atoms with Crippen LogP contribution in [0, 0.1) is 17.4 Å². The first-order valence-corrected chi connectivity index (χ1v) is 14.9. The van der Waals surface area contributed by atoms with Crippen LogP contribution in [-0.4, -0.2) is 65.2 Å². The van der Waals surface area contributed by atoms with Gasteiger partial charge in [0.25, 0.3) is 0 Å². The number of aliphatic hydroxyl groups is 1. The summed E-state index contributed by atoms with van der Waals surface area (Å²) in [6, 6.07) is 7.88. The lowest BCUT2D eigenvalue weighted by molar-refractivity contribution is -0.167. The summed E-state index contributed by atoms with van der Waals surface area (Å²) < 4.78 is 28.2. The molecule has 1 heterocycles. The van der Waals surface area contributed by atoms with Gasteiger partial charge in [-0.3, -0.25) is 0 Å². The van der Waals surface area contributed by atoms with Crippen molar-refractivity contribution in [1.82, 2.24) is 0 Å². The molecule has 0 aliphatic carbocycles. The van der Waals surface area contributed by atoms with E-state index in [1.54, 1.807) is 14.2 Å². The van der Waals surface area contributed by atoms with Crippen LogP contribution in [0.4, 0.5) is 0 Å². The zero-order valence-electron chi connectivity index (χ0n) is 20.4. The Morgan fingerprint density at radius 3 is 2.50 bits per heavy atom. The Balaban J connectivity index is 1.82. The van der Waals surface area contributed by atoms with E-state index in [1.165, 1.54) is 0 Å². The fourth-order valence-electron chi connectivity index (χ4n) is 3.59. The van der Waals surface area contributed by atoms with Gasteiger partial charge in [0.15, 0.2) is 0 Å². The molecule has 0 unspecified atom stereocenters. The van der Waals surface area contributed by atoms with E-state index in [1.807, 2.05) is 31.2 Å². The van der Waals surface area contributed by atoms with Gasteiger partial charge in [-0.15, -0.1) is 11.5 Å². The molecule has 0 aromatic heterocycles. The summed E-state index contributed by atoms with van der Waals surface area (Å²) in [4.78, 5) is 0. The summed E-state index contributed by atoms with van der Waals surface area (Å²) in [5.41, 5.74) is 4.46. The smallest absolute Gasteiger partial charge is 0.146 e. The average Bonchev–Trinajstić information content (AvgIpc) is 3.23. The van der Waals surface area contributed by atoms with Crippen molar-refractivity contribution in [1.29, 1.82) is 0 Å². The number of methoxy groups -OCH3 is 2. The summed E-state index contributed by atoms with van der Waals surface area (Å²) >= 11 is 0. The van der Waals surface area contributed by atoms with Crippen molar-refractivity contribution in [3.63, 3.8) is 0 Å². The zero-order chi connectivity index (χ0) is 23.6. The molecular weight excluding hydrogens is 424 g/mol. The highest BCUT2D eigenvalue weighted by Crippen LogP contribution is 2.29. The van der Waals surface area contributed by atoms with Crippen LogP contribution in [-0.2, 0) is 25.6 Å². The molecule has 32 heavy (non-hydrogen) atoms. The van der Waals surface area contributed by atoms with Crippen molar-refractivity contribution < 1.29 is 28.8 Å². The van der Waals surface area contributed by atoms with Crippen molar-refractivity contribution in [3.05, 3.63) is 29.8 Å². The van der Waals surface area contributed by atoms with Crippen LogP contribution in [0.5, 0.6) is 5.75 Å². The maximum atomic E-state index is 10.9. The van der Waals surface area contributed by atoms with Gasteiger partial charge >= 0.3 is 0 Å². The van der Waals surface area contributed by atoms with Gasteiger partial charge in [0.1, 0.15) is 26.7 Å². The van der Waals surface area contributed by atoms with Crippen LogP contribution >= 0.6 is 0 Å². The Labute approximate surface area is 194 Å². The molecule has 2 rings (SSSR count). The summed E-state index contributed by atoms with van der Waals surface area (Å²) in [6.45, 7) is 9.82. The molecule has 0 saturated carbocycles. The van der Waals surface area contributed by atoms with E-state index in [0.717, 1.165) is 30.6 Å². The van der Waals surface area contributed by atoms with Crippen LogP contribution in [0.1, 0.15) is 31.7 Å². The molecule has 0 radical (unpaired) electrons. The van der Waals surface area contributed by atoms with E-state index in [4.69, 9.17) is 23.7 Å². The lowest BCUT2D eigenvalue weighted by Gasteiger charge is -2.30. The molecule has 1 saturated heterocycles. The minimum absolute atomic E-state index is 0.0973. The Hall–Kier alpha value is -1.40. The van der Waals surface area contributed by atoms with E-state index in [9.17, 15) is 5.11 Å². The average molecular weight is 465 g/mol. The Bertz CT molecular complexity index is 721. The quantitative estimate of drug-likeness (QED) is 0.218. The van der Waals surface area contributed by atoms with Gasteiger partial charge < -0.3 is 28.8 Å². The fraction of sp³-hybridized carbons (Fsp3) is 0.680. The van der Waals surface area contributed by atoms with E-state index in [-0.39, 0.29) is 24.9 Å². The van der Waals surface area contributed by atoms with Crippen molar-refractivity contribution in [2.45, 2.75) is 76.8 Å². The second-order valence-corrected chi connectivity index (χ2v) is 14.1. The molecule has 0 bridgehead atoms. The van der Waals surface area contributed by atoms with Crippen molar-refractivity contribution in [3.8, 4) is 17.2 Å². The predicted octanol–water partition coefficient (Wildman–Crippen LogP) is 4.02. The van der Waals surface area contributed by atoms with E-state index in [0.29, 0.717) is 13.2 Å². The molecule has 1 aromatic rings. The molecule has 0 amide bonds. The monoisotopic (exact) mass is 464 g/mol. The molecule has 1 aromatic carbocycles.